The van der Waals surface area contributed by atoms with Gasteiger partial charge >= 0.3 is 6.18 Å². The van der Waals surface area contributed by atoms with Crippen LogP contribution in [-0.4, -0.2) is 25.9 Å². The van der Waals surface area contributed by atoms with Crippen molar-refractivity contribution >= 4 is 28.9 Å². The van der Waals surface area contributed by atoms with Gasteiger partial charge in [0.05, 0.1) is 34.9 Å². The average Bonchev–Trinajstić information content (AvgIpc) is 3.29. The molecule has 1 amide bonds. The van der Waals surface area contributed by atoms with Gasteiger partial charge in [-0.15, -0.1) is 4.80 Å². The SMILES string of the molecule is Nc1cc(F)ccc1-c1cc(Cl)c(C(=O)Nc2cnc(-n3nccn3)c(C(F)(F)F)c2)cc1F. The number of carbonyl (C=O) groups excluding carboxylic acids is 1. The standard InChI is InChI=1S/C21H12ClF5N6O/c22-16-7-13(12-2-1-10(23)5-18(12)28)17(24)8-14(16)20(34)32-11-6-15(21(25,26)27)19(29-9-11)33-30-3-4-31-33/h1-9H,28H2,(H,32,34). The molecular formula is C21H12ClF5N6O. The zero-order chi connectivity index (χ0) is 24.6. The van der Waals surface area contributed by atoms with Crippen LogP contribution in [0.5, 0.6) is 0 Å². The Balaban J connectivity index is 1.66. The summed E-state index contributed by atoms with van der Waals surface area (Å²) >= 11 is 6.13. The second kappa shape index (κ2) is 8.71. The van der Waals surface area contributed by atoms with E-state index in [9.17, 15) is 26.7 Å². The van der Waals surface area contributed by atoms with Crippen LogP contribution in [0.25, 0.3) is 16.9 Å². The van der Waals surface area contributed by atoms with Gasteiger partial charge in [-0.05, 0) is 36.4 Å². The molecule has 4 rings (SSSR count). The van der Waals surface area contributed by atoms with Gasteiger partial charge in [0.25, 0.3) is 5.91 Å². The van der Waals surface area contributed by atoms with E-state index in [1.165, 1.54) is 18.5 Å². The fourth-order valence-corrected chi connectivity index (χ4v) is 3.37. The smallest absolute Gasteiger partial charge is 0.398 e. The van der Waals surface area contributed by atoms with Crippen molar-refractivity contribution in [2.24, 2.45) is 0 Å². The number of amides is 1. The van der Waals surface area contributed by atoms with Crippen LogP contribution >= 0.6 is 11.6 Å². The normalized spacial score (nSPS) is 11.5. The first-order chi connectivity index (χ1) is 16.0. The summed E-state index contributed by atoms with van der Waals surface area (Å²) in [4.78, 5) is 17.0. The Kier molecular flexibility index (Phi) is 5.92. The molecule has 0 aliphatic carbocycles. The minimum atomic E-state index is -4.84. The fraction of sp³-hybridized carbons (Fsp3) is 0.0476. The molecular weight excluding hydrogens is 483 g/mol. The number of nitrogen functional groups attached to an aromatic ring is 1. The Labute approximate surface area is 193 Å². The first-order valence-electron chi connectivity index (χ1n) is 9.34. The third-order valence-electron chi connectivity index (χ3n) is 4.64. The van der Waals surface area contributed by atoms with E-state index in [0.717, 1.165) is 30.5 Å². The summed E-state index contributed by atoms with van der Waals surface area (Å²) in [7, 11) is 0. The average molecular weight is 495 g/mol. The second-order valence-corrected chi connectivity index (χ2v) is 7.32. The molecule has 0 bridgehead atoms. The van der Waals surface area contributed by atoms with Crippen LogP contribution in [0.1, 0.15) is 15.9 Å². The molecule has 13 heteroatoms. The van der Waals surface area contributed by atoms with Gasteiger partial charge in [0.15, 0.2) is 5.82 Å². The molecule has 2 aromatic heterocycles. The molecule has 2 aromatic carbocycles. The summed E-state index contributed by atoms with van der Waals surface area (Å²) in [5.41, 5.74) is 3.86. The first kappa shape index (κ1) is 23.1. The van der Waals surface area contributed by atoms with E-state index in [2.05, 4.69) is 20.5 Å². The van der Waals surface area contributed by atoms with Crippen molar-refractivity contribution < 1.29 is 26.7 Å². The number of anilines is 2. The van der Waals surface area contributed by atoms with Gasteiger partial charge in [-0.3, -0.25) is 4.79 Å². The number of nitrogens with zero attached hydrogens (tertiary/aromatic N) is 4. The van der Waals surface area contributed by atoms with Crippen LogP contribution < -0.4 is 11.1 Å². The largest absolute Gasteiger partial charge is 0.420 e. The Morgan fingerprint density at radius 3 is 2.38 bits per heavy atom. The molecule has 0 radical (unpaired) electrons. The number of aromatic nitrogens is 4. The van der Waals surface area contributed by atoms with Crippen LogP contribution in [0.2, 0.25) is 5.02 Å². The van der Waals surface area contributed by atoms with Crippen molar-refractivity contribution in [1.29, 1.82) is 0 Å². The van der Waals surface area contributed by atoms with E-state index in [4.69, 9.17) is 17.3 Å². The monoisotopic (exact) mass is 494 g/mol. The molecule has 2 heterocycles. The van der Waals surface area contributed by atoms with Gasteiger partial charge in [0.1, 0.15) is 17.2 Å². The van der Waals surface area contributed by atoms with Gasteiger partial charge < -0.3 is 11.1 Å². The predicted octanol–water partition coefficient (Wildman–Crippen LogP) is 5.11. The molecule has 34 heavy (non-hydrogen) atoms. The van der Waals surface area contributed by atoms with Crippen molar-refractivity contribution in [3.63, 3.8) is 0 Å². The number of nitrogens with two attached hydrogens (primary N) is 1. The van der Waals surface area contributed by atoms with Crippen LogP contribution in [0.4, 0.5) is 33.3 Å². The van der Waals surface area contributed by atoms with Crippen molar-refractivity contribution in [3.05, 3.63) is 82.8 Å². The first-order valence-corrected chi connectivity index (χ1v) is 9.72. The van der Waals surface area contributed by atoms with Crippen LogP contribution in [-0.2, 0) is 6.18 Å². The number of hydrogen-bond acceptors (Lipinski definition) is 5. The maximum Gasteiger partial charge on any atom is 0.420 e. The van der Waals surface area contributed by atoms with E-state index in [0.29, 0.717) is 10.9 Å². The zero-order valence-corrected chi connectivity index (χ0v) is 17.5. The van der Waals surface area contributed by atoms with Gasteiger partial charge in [-0.1, -0.05) is 11.6 Å². The lowest BCUT2D eigenvalue weighted by atomic mass is 10.0. The summed E-state index contributed by atoms with van der Waals surface area (Å²) < 4.78 is 68.7. The highest BCUT2D eigenvalue weighted by atomic mass is 35.5. The molecule has 0 aliphatic rings. The van der Waals surface area contributed by atoms with E-state index in [-0.39, 0.29) is 33.1 Å². The molecule has 3 N–H and O–H groups in total. The summed E-state index contributed by atoms with van der Waals surface area (Å²) in [6.07, 6.45) is -1.52. The Bertz CT molecular complexity index is 1390. The number of hydrogen-bond donors (Lipinski definition) is 2. The molecule has 7 nitrogen and oxygen atoms in total. The summed E-state index contributed by atoms with van der Waals surface area (Å²) in [5.74, 6) is -3.10. The quantitative estimate of drug-likeness (QED) is 0.303. The molecule has 0 atom stereocenters. The third kappa shape index (κ3) is 4.53. The highest BCUT2D eigenvalue weighted by molar-refractivity contribution is 6.34. The second-order valence-electron chi connectivity index (χ2n) is 6.91. The maximum absolute atomic E-state index is 14.8. The predicted molar refractivity (Wildman–Crippen MR) is 113 cm³/mol. The molecule has 0 saturated heterocycles. The molecule has 4 aromatic rings. The molecule has 0 aliphatic heterocycles. The third-order valence-corrected chi connectivity index (χ3v) is 4.96. The summed E-state index contributed by atoms with van der Waals surface area (Å²) in [5, 5.41) is 9.27. The lowest BCUT2D eigenvalue weighted by molar-refractivity contribution is -0.137. The maximum atomic E-state index is 14.8. The number of alkyl halides is 3. The van der Waals surface area contributed by atoms with Crippen molar-refractivity contribution in [2.75, 3.05) is 11.1 Å². The van der Waals surface area contributed by atoms with Gasteiger partial charge in [0, 0.05) is 16.8 Å². The van der Waals surface area contributed by atoms with Crippen molar-refractivity contribution in [3.8, 4) is 16.9 Å². The lowest BCUT2D eigenvalue weighted by Crippen LogP contribution is -2.17. The highest BCUT2D eigenvalue weighted by Gasteiger charge is 2.36. The molecule has 0 fully saturated rings. The lowest BCUT2D eigenvalue weighted by Gasteiger charge is -2.14. The van der Waals surface area contributed by atoms with E-state index < -0.39 is 35.1 Å². The van der Waals surface area contributed by atoms with E-state index in [1.54, 1.807) is 0 Å². The minimum Gasteiger partial charge on any atom is -0.398 e. The number of nitrogens with one attached hydrogen (secondary N) is 1. The van der Waals surface area contributed by atoms with Crippen molar-refractivity contribution in [1.82, 2.24) is 20.0 Å². The van der Waals surface area contributed by atoms with E-state index in [1.807, 2.05) is 0 Å². The molecule has 0 saturated carbocycles. The zero-order valence-electron chi connectivity index (χ0n) is 16.7. The summed E-state index contributed by atoms with van der Waals surface area (Å²) in [6.45, 7) is 0. The number of carbonyl (C=O) groups is 1. The highest BCUT2D eigenvalue weighted by Crippen LogP contribution is 2.35. The van der Waals surface area contributed by atoms with Crippen LogP contribution in [0.15, 0.2) is 55.0 Å². The number of rotatable bonds is 4. The number of pyridine rings is 1. The molecule has 0 unspecified atom stereocenters. The Morgan fingerprint density at radius 2 is 1.74 bits per heavy atom. The van der Waals surface area contributed by atoms with Crippen LogP contribution in [0.3, 0.4) is 0 Å². The molecule has 174 valence electrons. The number of halogens is 6. The summed E-state index contributed by atoms with van der Waals surface area (Å²) in [6, 6.07) is 5.88. The van der Waals surface area contributed by atoms with Gasteiger partial charge in [0.2, 0.25) is 0 Å². The molecule has 0 spiro atoms. The van der Waals surface area contributed by atoms with Gasteiger partial charge in [-0.25, -0.2) is 13.8 Å². The van der Waals surface area contributed by atoms with Crippen molar-refractivity contribution in [2.45, 2.75) is 6.18 Å². The topological polar surface area (TPSA) is 98.7 Å². The van der Waals surface area contributed by atoms with Crippen LogP contribution in [0, 0.1) is 11.6 Å². The van der Waals surface area contributed by atoms with Gasteiger partial charge in [-0.2, -0.15) is 23.4 Å². The van der Waals surface area contributed by atoms with E-state index >= 15 is 0 Å². The fourth-order valence-electron chi connectivity index (χ4n) is 3.12. The number of benzene rings is 2. The Hall–Kier alpha value is -4.06. The Morgan fingerprint density at radius 1 is 1.03 bits per heavy atom. The minimum absolute atomic E-state index is 0.0512.